The number of nitro groups is 1. The van der Waals surface area contributed by atoms with Crippen molar-refractivity contribution < 1.29 is 4.92 Å². The van der Waals surface area contributed by atoms with Gasteiger partial charge in [0.15, 0.2) is 5.82 Å². The van der Waals surface area contributed by atoms with Crippen LogP contribution < -0.4 is 4.90 Å². The van der Waals surface area contributed by atoms with Crippen LogP contribution in [0.3, 0.4) is 0 Å². The van der Waals surface area contributed by atoms with Crippen molar-refractivity contribution in [3.63, 3.8) is 0 Å². The number of aromatic nitrogens is 1. The highest BCUT2D eigenvalue weighted by Gasteiger charge is 2.17. The van der Waals surface area contributed by atoms with Crippen molar-refractivity contribution >= 4 is 17.2 Å². The molecule has 7 nitrogen and oxygen atoms in total. The summed E-state index contributed by atoms with van der Waals surface area (Å²) in [4.78, 5) is 15.6. The molecule has 0 spiro atoms. The van der Waals surface area contributed by atoms with Gasteiger partial charge in [-0.05, 0) is 12.1 Å². The van der Waals surface area contributed by atoms with Crippen molar-refractivity contribution in [1.82, 2.24) is 4.98 Å². The Hall–Kier alpha value is -3.45. The quantitative estimate of drug-likeness (QED) is 0.631. The Labute approximate surface area is 120 Å². The maximum atomic E-state index is 10.7. The lowest BCUT2D eigenvalue weighted by Crippen LogP contribution is -2.14. The number of benzene rings is 1. The highest BCUT2D eigenvalue weighted by Crippen LogP contribution is 2.29. The first kappa shape index (κ1) is 14.0. The lowest BCUT2D eigenvalue weighted by molar-refractivity contribution is -0.385. The largest absolute Gasteiger partial charge is 0.327 e. The van der Waals surface area contributed by atoms with Crippen LogP contribution in [-0.2, 0) is 0 Å². The van der Waals surface area contributed by atoms with E-state index >= 15 is 0 Å². The van der Waals surface area contributed by atoms with Crippen molar-refractivity contribution in [2.75, 3.05) is 11.9 Å². The maximum absolute atomic E-state index is 10.7. The van der Waals surface area contributed by atoms with Gasteiger partial charge in [-0.1, -0.05) is 12.1 Å². The summed E-state index contributed by atoms with van der Waals surface area (Å²) in [6.45, 7) is 0. The van der Waals surface area contributed by atoms with Crippen molar-refractivity contribution in [2.45, 2.75) is 0 Å². The minimum Gasteiger partial charge on any atom is -0.327 e. The molecule has 1 aromatic heterocycles. The summed E-state index contributed by atoms with van der Waals surface area (Å²) in [5.74, 6) is 0.255. The predicted octanol–water partition coefficient (Wildman–Crippen LogP) is 2.50. The smallest absolute Gasteiger partial charge is 0.289 e. The number of nitriles is 2. The Morgan fingerprint density at radius 3 is 2.52 bits per heavy atom. The number of pyridine rings is 1. The lowest BCUT2D eigenvalue weighted by Gasteiger charge is -2.20. The molecule has 1 heterocycles. The lowest BCUT2D eigenvalue weighted by atomic mass is 10.1. The molecule has 0 N–H and O–H groups in total. The fraction of sp³-hybridized carbons (Fsp3) is 0.0714. The van der Waals surface area contributed by atoms with Gasteiger partial charge in [0.25, 0.3) is 5.69 Å². The molecule has 0 atom stereocenters. The molecule has 0 saturated carbocycles. The maximum Gasteiger partial charge on any atom is 0.289 e. The molecule has 2 rings (SSSR count). The standard InChI is InChI=1S/C14H9N5O2/c1-18(13-5-3-2-4-10(13)7-15)14-11(8-16)6-12(9-17-14)19(20)21/h2-6,9H,1H3. The Balaban J connectivity index is 2.54. The Bertz CT molecular complexity index is 789. The zero-order chi connectivity index (χ0) is 15.4. The molecule has 102 valence electrons. The fourth-order valence-electron chi connectivity index (χ4n) is 1.87. The van der Waals surface area contributed by atoms with Crippen LogP contribution in [0, 0.1) is 32.8 Å². The second-order valence-corrected chi connectivity index (χ2v) is 4.12. The monoisotopic (exact) mass is 279 g/mol. The van der Waals surface area contributed by atoms with Crippen LogP contribution in [0.2, 0.25) is 0 Å². The van der Waals surface area contributed by atoms with Crippen molar-refractivity contribution in [3.8, 4) is 12.1 Å². The first-order chi connectivity index (χ1) is 10.1. The molecule has 21 heavy (non-hydrogen) atoms. The Morgan fingerprint density at radius 1 is 1.24 bits per heavy atom. The van der Waals surface area contributed by atoms with Gasteiger partial charge in [0.1, 0.15) is 23.9 Å². The normalized spacial score (nSPS) is 9.48. The summed E-state index contributed by atoms with van der Waals surface area (Å²) in [6, 6.07) is 11.9. The van der Waals surface area contributed by atoms with Crippen LogP contribution in [0.25, 0.3) is 0 Å². The Morgan fingerprint density at radius 2 is 1.90 bits per heavy atom. The van der Waals surface area contributed by atoms with Gasteiger partial charge in [-0.2, -0.15) is 10.5 Å². The zero-order valence-corrected chi connectivity index (χ0v) is 11.0. The van der Waals surface area contributed by atoms with Gasteiger partial charge in [-0.15, -0.1) is 0 Å². The zero-order valence-electron chi connectivity index (χ0n) is 11.0. The first-order valence-electron chi connectivity index (χ1n) is 5.86. The molecule has 0 aliphatic rings. The summed E-state index contributed by atoms with van der Waals surface area (Å²) in [5.41, 5.74) is 0.804. The van der Waals surface area contributed by atoms with Crippen molar-refractivity contribution in [2.24, 2.45) is 0 Å². The number of rotatable bonds is 3. The van der Waals surface area contributed by atoms with Gasteiger partial charge in [0.2, 0.25) is 0 Å². The summed E-state index contributed by atoms with van der Waals surface area (Å²) in [6.07, 6.45) is 1.08. The number of hydrogen-bond donors (Lipinski definition) is 0. The van der Waals surface area contributed by atoms with E-state index in [9.17, 15) is 10.1 Å². The summed E-state index contributed by atoms with van der Waals surface area (Å²) in [5, 5.41) is 29.0. The average Bonchev–Trinajstić information content (AvgIpc) is 2.53. The van der Waals surface area contributed by atoms with E-state index in [1.54, 1.807) is 36.2 Å². The van der Waals surface area contributed by atoms with Crippen molar-refractivity contribution in [1.29, 1.82) is 10.5 Å². The molecule has 0 aliphatic carbocycles. The fourth-order valence-corrected chi connectivity index (χ4v) is 1.87. The highest BCUT2D eigenvalue weighted by atomic mass is 16.6. The minimum absolute atomic E-state index is 0.0689. The second kappa shape index (κ2) is 5.68. The first-order valence-corrected chi connectivity index (χ1v) is 5.86. The van der Waals surface area contributed by atoms with E-state index in [0.29, 0.717) is 11.3 Å². The number of nitrogens with zero attached hydrogens (tertiary/aromatic N) is 5. The summed E-state index contributed by atoms with van der Waals surface area (Å²) in [7, 11) is 1.64. The molecule has 0 radical (unpaired) electrons. The third-order valence-electron chi connectivity index (χ3n) is 2.89. The molecule has 7 heteroatoms. The SMILES string of the molecule is CN(c1ccccc1C#N)c1ncc([N+](=O)[O-])cc1C#N. The third-order valence-corrected chi connectivity index (χ3v) is 2.89. The molecule has 0 fully saturated rings. The van der Waals surface area contributed by atoms with Gasteiger partial charge < -0.3 is 4.90 Å². The van der Waals surface area contributed by atoms with Crippen LogP contribution in [-0.4, -0.2) is 17.0 Å². The van der Waals surface area contributed by atoms with Crippen LogP contribution in [0.15, 0.2) is 36.5 Å². The molecule has 0 bridgehead atoms. The van der Waals surface area contributed by atoms with E-state index in [0.717, 1.165) is 12.3 Å². The molecular formula is C14H9N5O2. The summed E-state index contributed by atoms with van der Waals surface area (Å²) >= 11 is 0. The molecule has 0 unspecified atom stereocenters. The van der Waals surface area contributed by atoms with Crippen LogP contribution >= 0.6 is 0 Å². The molecule has 0 saturated heterocycles. The Kier molecular flexibility index (Phi) is 3.78. The van der Waals surface area contributed by atoms with Gasteiger partial charge in [0.05, 0.1) is 16.2 Å². The van der Waals surface area contributed by atoms with E-state index in [1.807, 2.05) is 6.07 Å². The van der Waals surface area contributed by atoms with E-state index < -0.39 is 4.92 Å². The van der Waals surface area contributed by atoms with E-state index in [4.69, 9.17) is 10.5 Å². The molecule has 1 aromatic carbocycles. The number of para-hydroxylation sites is 1. The van der Waals surface area contributed by atoms with Gasteiger partial charge >= 0.3 is 0 Å². The molecule has 0 amide bonds. The van der Waals surface area contributed by atoms with Gasteiger partial charge in [0, 0.05) is 13.1 Å². The molecule has 0 aliphatic heterocycles. The second-order valence-electron chi connectivity index (χ2n) is 4.12. The number of anilines is 2. The predicted molar refractivity (Wildman–Crippen MR) is 74.8 cm³/mol. The van der Waals surface area contributed by atoms with E-state index in [2.05, 4.69) is 11.1 Å². The van der Waals surface area contributed by atoms with Gasteiger partial charge in [-0.3, -0.25) is 10.1 Å². The van der Waals surface area contributed by atoms with E-state index in [1.165, 1.54) is 0 Å². The third kappa shape index (κ3) is 2.62. The highest BCUT2D eigenvalue weighted by molar-refractivity contribution is 5.70. The van der Waals surface area contributed by atoms with Crippen molar-refractivity contribution in [3.05, 3.63) is 57.8 Å². The summed E-state index contributed by atoms with van der Waals surface area (Å²) < 4.78 is 0. The molecule has 2 aromatic rings. The molecular weight excluding hydrogens is 270 g/mol. The van der Waals surface area contributed by atoms with E-state index in [-0.39, 0.29) is 17.1 Å². The van der Waals surface area contributed by atoms with Crippen LogP contribution in [0.4, 0.5) is 17.2 Å². The van der Waals surface area contributed by atoms with Gasteiger partial charge in [-0.25, -0.2) is 4.98 Å². The minimum atomic E-state index is -0.610. The van der Waals surface area contributed by atoms with Crippen LogP contribution in [0.5, 0.6) is 0 Å². The topological polar surface area (TPSA) is 107 Å². The van der Waals surface area contributed by atoms with Crippen LogP contribution in [0.1, 0.15) is 11.1 Å². The number of hydrogen-bond acceptors (Lipinski definition) is 6. The average molecular weight is 279 g/mol.